The van der Waals surface area contributed by atoms with Gasteiger partial charge in [-0.15, -0.1) is 0 Å². The minimum atomic E-state index is -1.69. The maximum atomic E-state index is 12.3. The van der Waals surface area contributed by atoms with Crippen molar-refractivity contribution in [2.24, 2.45) is 11.7 Å². The van der Waals surface area contributed by atoms with Crippen LogP contribution in [0.25, 0.3) is 0 Å². The number of amides is 3. The molecular weight excluding hydrogens is 404 g/mol. The van der Waals surface area contributed by atoms with Crippen LogP contribution in [0, 0.1) is 5.92 Å². The van der Waals surface area contributed by atoms with Crippen molar-refractivity contribution in [3.05, 3.63) is 0 Å². The number of carboxylic acid groups (broad SMARTS) is 3. The topological polar surface area (TPSA) is 225 Å². The van der Waals surface area contributed by atoms with Crippen LogP contribution in [-0.2, 0) is 28.8 Å². The lowest BCUT2D eigenvalue weighted by Crippen LogP contribution is -2.54. The van der Waals surface area contributed by atoms with E-state index in [-0.39, 0.29) is 12.3 Å². The Labute approximate surface area is 172 Å². The molecule has 0 aromatic rings. The number of aliphatic carboxylic acids is 3. The van der Waals surface area contributed by atoms with Crippen molar-refractivity contribution in [3.63, 3.8) is 0 Å². The van der Waals surface area contributed by atoms with Crippen LogP contribution in [0.15, 0.2) is 0 Å². The number of nitrogens with two attached hydrogens (primary N) is 1. The van der Waals surface area contributed by atoms with Gasteiger partial charge in [-0.25, -0.2) is 4.79 Å². The normalized spacial score (nSPS) is 14.5. The Morgan fingerprint density at radius 2 is 1.50 bits per heavy atom. The molecule has 0 fully saturated rings. The molecule has 0 saturated carbocycles. The highest BCUT2D eigenvalue weighted by Crippen LogP contribution is 2.07. The molecule has 170 valence electrons. The Kier molecular flexibility index (Phi) is 11.7. The van der Waals surface area contributed by atoms with Gasteiger partial charge in [-0.3, -0.25) is 24.0 Å². The van der Waals surface area contributed by atoms with Crippen molar-refractivity contribution in [2.45, 2.75) is 57.7 Å². The SMILES string of the molecule is CCC(C)C(N)C(=O)NC(CCC(=O)O)C(=O)NCC(=O)NC(CC(=O)O)C(=O)O. The molecule has 3 amide bonds. The van der Waals surface area contributed by atoms with Crippen molar-refractivity contribution in [3.8, 4) is 0 Å². The summed E-state index contributed by atoms with van der Waals surface area (Å²) in [6.45, 7) is 2.84. The van der Waals surface area contributed by atoms with Crippen molar-refractivity contribution in [1.29, 1.82) is 0 Å². The fourth-order valence-electron chi connectivity index (χ4n) is 2.23. The first-order valence-electron chi connectivity index (χ1n) is 9.18. The second-order valence-corrected chi connectivity index (χ2v) is 6.68. The molecule has 13 heteroatoms. The second-order valence-electron chi connectivity index (χ2n) is 6.68. The van der Waals surface area contributed by atoms with Gasteiger partial charge < -0.3 is 37.0 Å². The zero-order valence-electron chi connectivity index (χ0n) is 16.7. The third kappa shape index (κ3) is 10.4. The average molecular weight is 432 g/mol. The highest BCUT2D eigenvalue weighted by atomic mass is 16.4. The minimum absolute atomic E-state index is 0.193. The molecule has 0 rings (SSSR count). The molecular formula is C17H28N4O9. The maximum absolute atomic E-state index is 12.3. The molecule has 0 aliphatic carbocycles. The lowest BCUT2D eigenvalue weighted by atomic mass is 9.98. The summed E-state index contributed by atoms with van der Waals surface area (Å²) in [4.78, 5) is 68.7. The van der Waals surface area contributed by atoms with E-state index in [1.165, 1.54) is 0 Å². The van der Waals surface area contributed by atoms with Crippen LogP contribution < -0.4 is 21.7 Å². The zero-order chi connectivity index (χ0) is 23.4. The highest BCUT2D eigenvalue weighted by molar-refractivity contribution is 5.93. The van der Waals surface area contributed by atoms with E-state index in [9.17, 15) is 28.8 Å². The number of carbonyl (C=O) groups excluding carboxylic acids is 3. The fourth-order valence-corrected chi connectivity index (χ4v) is 2.23. The van der Waals surface area contributed by atoms with Gasteiger partial charge in [0, 0.05) is 6.42 Å². The molecule has 0 radical (unpaired) electrons. The van der Waals surface area contributed by atoms with Crippen molar-refractivity contribution in [1.82, 2.24) is 16.0 Å². The molecule has 13 nitrogen and oxygen atoms in total. The van der Waals surface area contributed by atoms with E-state index in [4.69, 9.17) is 21.1 Å². The maximum Gasteiger partial charge on any atom is 0.326 e. The minimum Gasteiger partial charge on any atom is -0.481 e. The molecule has 0 aromatic carbocycles. The van der Waals surface area contributed by atoms with Crippen LogP contribution in [0.2, 0.25) is 0 Å². The quantitative estimate of drug-likeness (QED) is 0.158. The summed E-state index contributed by atoms with van der Waals surface area (Å²) in [5.41, 5.74) is 5.79. The van der Waals surface area contributed by atoms with Crippen LogP contribution >= 0.6 is 0 Å². The molecule has 8 N–H and O–H groups in total. The second kappa shape index (κ2) is 13.1. The van der Waals surface area contributed by atoms with Gasteiger partial charge in [0.1, 0.15) is 12.1 Å². The Morgan fingerprint density at radius 3 is 1.97 bits per heavy atom. The van der Waals surface area contributed by atoms with Crippen molar-refractivity contribution in [2.75, 3.05) is 6.54 Å². The lowest BCUT2D eigenvalue weighted by Gasteiger charge is -2.23. The molecule has 4 atom stereocenters. The number of carbonyl (C=O) groups is 6. The Bertz CT molecular complexity index is 668. The molecule has 0 heterocycles. The first kappa shape index (κ1) is 26.8. The van der Waals surface area contributed by atoms with Gasteiger partial charge in [-0.05, 0) is 12.3 Å². The predicted octanol–water partition coefficient (Wildman–Crippen LogP) is -2.13. The number of hydrogen-bond acceptors (Lipinski definition) is 7. The number of carboxylic acids is 3. The van der Waals surface area contributed by atoms with E-state index in [0.717, 1.165) is 0 Å². The van der Waals surface area contributed by atoms with Crippen LogP contribution in [0.4, 0.5) is 0 Å². The van der Waals surface area contributed by atoms with E-state index in [2.05, 4.69) is 10.6 Å². The summed E-state index contributed by atoms with van der Waals surface area (Å²) in [6, 6.07) is -3.90. The summed E-state index contributed by atoms with van der Waals surface area (Å²) < 4.78 is 0. The van der Waals surface area contributed by atoms with Crippen LogP contribution in [-0.4, -0.2) is 75.6 Å². The van der Waals surface area contributed by atoms with Gasteiger partial charge in [0.15, 0.2) is 0 Å². The van der Waals surface area contributed by atoms with Gasteiger partial charge in [0.25, 0.3) is 0 Å². The highest BCUT2D eigenvalue weighted by Gasteiger charge is 2.27. The van der Waals surface area contributed by atoms with Gasteiger partial charge in [0.2, 0.25) is 17.7 Å². The number of hydrogen-bond donors (Lipinski definition) is 7. The molecule has 0 aliphatic rings. The Hall–Kier alpha value is -3.22. The standard InChI is InChI=1S/C17H28N4O9/c1-3-8(2)14(18)16(28)21-9(4-5-12(23)24)15(27)19-7-11(22)20-10(17(29)30)6-13(25)26/h8-10,14H,3-7,18H2,1-2H3,(H,19,27)(H,20,22)(H,21,28)(H,23,24)(H,25,26)(H,29,30). The van der Waals surface area contributed by atoms with Crippen LogP contribution in [0.1, 0.15) is 39.5 Å². The summed E-state index contributed by atoms with van der Waals surface area (Å²) in [5, 5.41) is 32.8. The lowest BCUT2D eigenvalue weighted by molar-refractivity contribution is -0.147. The van der Waals surface area contributed by atoms with Crippen molar-refractivity contribution < 1.29 is 44.1 Å². The Balaban J connectivity index is 4.96. The van der Waals surface area contributed by atoms with Gasteiger partial charge >= 0.3 is 17.9 Å². The van der Waals surface area contributed by atoms with Gasteiger partial charge in [0.05, 0.1) is 19.0 Å². The molecule has 0 spiro atoms. The van der Waals surface area contributed by atoms with E-state index >= 15 is 0 Å². The van der Waals surface area contributed by atoms with E-state index in [0.29, 0.717) is 6.42 Å². The molecule has 0 bridgehead atoms. The molecule has 30 heavy (non-hydrogen) atoms. The molecule has 0 saturated heterocycles. The van der Waals surface area contributed by atoms with Crippen molar-refractivity contribution >= 4 is 35.6 Å². The summed E-state index contributed by atoms with van der Waals surface area (Å²) in [6.07, 6.45) is -0.969. The molecule has 4 unspecified atom stereocenters. The van der Waals surface area contributed by atoms with Gasteiger partial charge in [-0.1, -0.05) is 20.3 Å². The number of rotatable bonds is 14. The number of nitrogens with one attached hydrogen (secondary N) is 3. The average Bonchev–Trinajstić information content (AvgIpc) is 2.66. The smallest absolute Gasteiger partial charge is 0.326 e. The van der Waals surface area contributed by atoms with E-state index < -0.39 is 73.1 Å². The zero-order valence-corrected chi connectivity index (χ0v) is 16.7. The third-order valence-electron chi connectivity index (χ3n) is 4.27. The summed E-state index contributed by atoms with van der Waals surface area (Å²) >= 11 is 0. The first-order chi connectivity index (χ1) is 13.9. The predicted molar refractivity (Wildman–Crippen MR) is 101 cm³/mol. The molecule has 0 aromatic heterocycles. The summed E-state index contributed by atoms with van der Waals surface area (Å²) in [7, 11) is 0. The molecule has 0 aliphatic heterocycles. The van der Waals surface area contributed by atoms with Crippen LogP contribution in [0.3, 0.4) is 0 Å². The third-order valence-corrected chi connectivity index (χ3v) is 4.27. The van der Waals surface area contributed by atoms with Crippen LogP contribution in [0.5, 0.6) is 0 Å². The largest absolute Gasteiger partial charge is 0.481 e. The fraction of sp³-hybridized carbons (Fsp3) is 0.647. The van der Waals surface area contributed by atoms with Gasteiger partial charge in [-0.2, -0.15) is 0 Å². The first-order valence-corrected chi connectivity index (χ1v) is 9.18. The summed E-state index contributed by atoms with van der Waals surface area (Å²) in [5.74, 6) is -6.92. The Morgan fingerprint density at radius 1 is 0.900 bits per heavy atom. The van der Waals surface area contributed by atoms with E-state index in [1.54, 1.807) is 6.92 Å². The monoisotopic (exact) mass is 432 g/mol. The van der Waals surface area contributed by atoms with E-state index in [1.807, 2.05) is 12.2 Å².